The quantitative estimate of drug-likeness (QED) is 0.427. The lowest BCUT2D eigenvalue weighted by atomic mass is 10.5. The average molecular weight is 113 g/mol. The molecule has 44 valence electrons. The van der Waals surface area contributed by atoms with Gasteiger partial charge in [0.1, 0.15) is 5.70 Å². The molecule has 0 aliphatic carbocycles. The Labute approximate surface area is 47.1 Å². The van der Waals surface area contributed by atoms with Gasteiger partial charge in [-0.2, -0.15) is 0 Å². The van der Waals surface area contributed by atoms with Crippen LogP contribution < -0.4 is 11.0 Å². The van der Waals surface area contributed by atoms with E-state index in [0.717, 1.165) is 6.29 Å². The SMILES string of the molecule is CN1NNC=C1C=O. The number of allylic oxidation sites excluding steroid dienone is 1. The first kappa shape index (κ1) is 5.11. The van der Waals surface area contributed by atoms with Gasteiger partial charge in [-0.15, -0.1) is 5.53 Å². The normalized spacial score (nSPS) is 17.6. The van der Waals surface area contributed by atoms with Crippen molar-refractivity contribution in [3.8, 4) is 0 Å². The maximum Gasteiger partial charge on any atom is 0.169 e. The van der Waals surface area contributed by atoms with Gasteiger partial charge in [0.25, 0.3) is 0 Å². The molecule has 1 aliphatic heterocycles. The third-order valence-electron chi connectivity index (χ3n) is 0.960. The number of aldehydes is 1. The second kappa shape index (κ2) is 1.83. The molecule has 4 heteroatoms. The second-order valence-electron chi connectivity index (χ2n) is 1.50. The van der Waals surface area contributed by atoms with Gasteiger partial charge in [0.15, 0.2) is 6.29 Å². The summed E-state index contributed by atoms with van der Waals surface area (Å²) in [6.45, 7) is 0. The molecule has 0 bridgehead atoms. The molecule has 1 aliphatic rings. The maximum absolute atomic E-state index is 10.0. The number of carbonyl (C=O) groups is 1. The highest BCUT2D eigenvalue weighted by Crippen LogP contribution is 1.94. The largest absolute Gasteiger partial charge is 0.309 e. The summed E-state index contributed by atoms with van der Waals surface area (Å²) in [4.78, 5) is 10.0. The van der Waals surface area contributed by atoms with Crippen LogP contribution in [-0.4, -0.2) is 18.3 Å². The molecule has 8 heavy (non-hydrogen) atoms. The molecule has 0 fully saturated rings. The minimum atomic E-state index is 0.602. The van der Waals surface area contributed by atoms with Gasteiger partial charge >= 0.3 is 0 Å². The smallest absolute Gasteiger partial charge is 0.169 e. The molecule has 0 aromatic rings. The molecular weight excluding hydrogens is 106 g/mol. The van der Waals surface area contributed by atoms with Crippen LogP contribution in [0.1, 0.15) is 0 Å². The Hall–Kier alpha value is -1.03. The number of hydrogen-bond donors (Lipinski definition) is 2. The molecule has 0 radical (unpaired) electrons. The molecule has 1 rings (SSSR count). The van der Waals surface area contributed by atoms with Crippen molar-refractivity contribution in [2.45, 2.75) is 0 Å². The van der Waals surface area contributed by atoms with Gasteiger partial charge in [0.05, 0.1) is 0 Å². The van der Waals surface area contributed by atoms with E-state index in [1.165, 1.54) is 0 Å². The highest BCUT2D eigenvalue weighted by atomic mass is 16.1. The van der Waals surface area contributed by atoms with Gasteiger partial charge in [-0.1, -0.05) is 0 Å². The van der Waals surface area contributed by atoms with Crippen molar-refractivity contribution in [1.29, 1.82) is 0 Å². The molecule has 4 nitrogen and oxygen atoms in total. The van der Waals surface area contributed by atoms with Crippen molar-refractivity contribution in [3.05, 3.63) is 11.9 Å². The topological polar surface area (TPSA) is 44.4 Å². The van der Waals surface area contributed by atoms with Crippen molar-refractivity contribution >= 4 is 6.29 Å². The zero-order valence-corrected chi connectivity index (χ0v) is 4.51. The van der Waals surface area contributed by atoms with E-state index in [0.29, 0.717) is 5.70 Å². The monoisotopic (exact) mass is 113 g/mol. The van der Waals surface area contributed by atoms with Crippen LogP contribution >= 0.6 is 0 Å². The first-order valence-corrected chi connectivity index (χ1v) is 2.25. The number of likely N-dealkylation sites (N-methyl/N-ethyl adjacent to an activating group) is 1. The minimum absolute atomic E-state index is 0.602. The van der Waals surface area contributed by atoms with Crippen LogP contribution in [0.5, 0.6) is 0 Å². The molecule has 0 atom stereocenters. The van der Waals surface area contributed by atoms with Gasteiger partial charge < -0.3 is 5.43 Å². The molecule has 0 saturated carbocycles. The molecule has 1 heterocycles. The summed E-state index contributed by atoms with van der Waals surface area (Å²) in [5.41, 5.74) is 5.94. The highest BCUT2D eigenvalue weighted by molar-refractivity contribution is 5.72. The summed E-state index contributed by atoms with van der Waals surface area (Å²) in [5.74, 6) is 0. The lowest BCUT2D eigenvalue weighted by Crippen LogP contribution is -2.34. The van der Waals surface area contributed by atoms with Gasteiger partial charge in [-0.3, -0.25) is 9.80 Å². The number of nitrogens with one attached hydrogen (secondary N) is 2. The fourth-order valence-corrected chi connectivity index (χ4v) is 0.477. The standard InChI is InChI=1S/C4H7N3O/c1-7-4(3-8)2-5-6-7/h2-3,5-6H,1H3. The average Bonchev–Trinajstić information content (AvgIpc) is 2.14. The first-order chi connectivity index (χ1) is 3.84. The summed E-state index contributed by atoms with van der Waals surface area (Å²) in [6.07, 6.45) is 2.36. The molecular formula is C4H7N3O. The van der Waals surface area contributed by atoms with Crippen molar-refractivity contribution < 1.29 is 4.79 Å². The van der Waals surface area contributed by atoms with E-state index in [1.807, 2.05) is 0 Å². The summed E-state index contributed by atoms with van der Waals surface area (Å²) >= 11 is 0. The predicted octanol–water partition coefficient (Wildman–Crippen LogP) is -1.02. The Morgan fingerprint density at radius 1 is 1.88 bits per heavy atom. The Morgan fingerprint density at radius 3 is 2.88 bits per heavy atom. The van der Waals surface area contributed by atoms with Crippen LogP contribution in [0.3, 0.4) is 0 Å². The lowest BCUT2D eigenvalue weighted by Gasteiger charge is -2.08. The molecule has 0 aromatic carbocycles. The number of rotatable bonds is 1. The first-order valence-electron chi connectivity index (χ1n) is 2.25. The van der Waals surface area contributed by atoms with Crippen molar-refractivity contribution in [1.82, 2.24) is 16.0 Å². The van der Waals surface area contributed by atoms with E-state index < -0.39 is 0 Å². The van der Waals surface area contributed by atoms with Gasteiger partial charge in [-0.25, -0.2) is 0 Å². The number of hydrogen-bond acceptors (Lipinski definition) is 4. The van der Waals surface area contributed by atoms with Crippen LogP contribution in [0, 0.1) is 0 Å². The van der Waals surface area contributed by atoms with E-state index in [2.05, 4.69) is 11.0 Å². The maximum atomic E-state index is 10.0. The Kier molecular flexibility index (Phi) is 1.17. The van der Waals surface area contributed by atoms with E-state index in [-0.39, 0.29) is 0 Å². The lowest BCUT2D eigenvalue weighted by molar-refractivity contribution is -0.106. The Balaban J connectivity index is 2.62. The van der Waals surface area contributed by atoms with Crippen LogP contribution in [0.25, 0.3) is 0 Å². The van der Waals surface area contributed by atoms with Gasteiger partial charge in [-0.05, 0) is 0 Å². The van der Waals surface area contributed by atoms with Gasteiger partial charge in [0.2, 0.25) is 0 Å². The predicted molar refractivity (Wildman–Crippen MR) is 28.2 cm³/mol. The van der Waals surface area contributed by atoms with Crippen molar-refractivity contribution in [3.63, 3.8) is 0 Å². The third kappa shape index (κ3) is 0.651. The van der Waals surface area contributed by atoms with E-state index >= 15 is 0 Å². The Morgan fingerprint density at radius 2 is 2.62 bits per heavy atom. The van der Waals surface area contributed by atoms with Crippen LogP contribution in [0.4, 0.5) is 0 Å². The summed E-state index contributed by atoms with van der Waals surface area (Å²) in [5, 5.41) is 1.59. The number of hydrazine groups is 2. The third-order valence-corrected chi connectivity index (χ3v) is 0.960. The summed E-state index contributed by atoms with van der Waals surface area (Å²) < 4.78 is 0. The molecule has 2 N–H and O–H groups in total. The molecule has 0 aromatic heterocycles. The molecule has 0 amide bonds. The zero-order valence-electron chi connectivity index (χ0n) is 4.51. The van der Waals surface area contributed by atoms with E-state index in [9.17, 15) is 4.79 Å². The van der Waals surface area contributed by atoms with Crippen LogP contribution in [0.15, 0.2) is 11.9 Å². The van der Waals surface area contributed by atoms with Gasteiger partial charge in [0, 0.05) is 13.2 Å². The summed E-state index contributed by atoms with van der Waals surface area (Å²) in [6, 6.07) is 0. The van der Waals surface area contributed by atoms with Crippen LogP contribution in [0.2, 0.25) is 0 Å². The minimum Gasteiger partial charge on any atom is -0.309 e. The number of carbonyl (C=O) groups excluding carboxylic acids is 1. The fourth-order valence-electron chi connectivity index (χ4n) is 0.477. The zero-order chi connectivity index (χ0) is 5.98. The van der Waals surface area contributed by atoms with E-state index in [4.69, 9.17) is 0 Å². The number of nitrogens with zero attached hydrogens (tertiary/aromatic N) is 1. The second-order valence-corrected chi connectivity index (χ2v) is 1.50. The Bertz CT molecular complexity index is 131. The molecule has 0 spiro atoms. The fraction of sp³-hybridized carbons (Fsp3) is 0.250. The molecule has 0 saturated heterocycles. The molecule has 0 unspecified atom stereocenters. The highest BCUT2D eigenvalue weighted by Gasteiger charge is 2.05. The van der Waals surface area contributed by atoms with Crippen molar-refractivity contribution in [2.24, 2.45) is 0 Å². The van der Waals surface area contributed by atoms with Crippen LogP contribution in [-0.2, 0) is 4.79 Å². The van der Waals surface area contributed by atoms with Crippen molar-refractivity contribution in [2.75, 3.05) is 7.05 Å². The van der Waals surface area contributed by atoms with E-state index in [1.54, 1.807) is 18.3 Å². The summed E-state index contributed by atoms with van der Waals surface area (Å²) in [7, 11) is 1.75.